The standard InChI is InChI=1S/C23H15Cl3N2OS/c24-16-8-6-15(7-9-16)23-28-22(14-4-2-1-3-5-14)20(30-23)13-21(29)27-17-10-11-18(25)19(26)12-17/h1-12H,13H2,(H,27,29). The maximum absolute atomic E-state index is 12.7. The maximum Gasteiger partial charge on any atom is 0.229 e. The van der Waals surface area contributed by atoms with Gasteiger partial charge in [-0.25, -0.2) is 4.98 Å². The lowest BCUT2D eigenvalue weighted by Crippen LogP contribution is -2.14. The highest BCUT2D eigenvalue weighted by Crippen LogP contribution is 2.35. The molecule has 0 bridgehead atoms. The molecule has 0 aliphatic heterocycles. The number of thiazole rings is 1. The first kappa shape index (κ1) is 20.9. The third-order valence-corrected chi connectivity index (χ3v) is 6.46. The number of amides is 1. The fraction of sp³-hybridized carbons (Fsp3) is 0.0435. The Bertz CT molecular complexity index is 1190. The summed E-state index contributed by atoms with van der Waals surface area (Å²) in [6.07, 6.45) is 0.190. The summed E-state index contributed by atoms with van der Waals surface area (Å²) in [7, 11) is 0. The number of carbonyl (C=O) groups is 1. The minimum atomic E-state index is -0.156. The van der Waals surface area contributed by atoms with Crippen molar-refractivity contribution in [3.63, 3.8) is 0 Å². The van der Waals surface area contributed by atoms with Crippen LogP contribution in [-0.4, -0.2) is 10.9 Å². The summed E-state index contributed by atoms with van der Waals surface area (Å²) >= 11 is 19.5. The van der Waals surface area contributed by atoms with Gasteiger partial charge < -0.3 is 5.32 Å². The van der Waals surface area contributed by atoms with Gasteiger partial charge in [-0.05, 0) is 30.3 Å². The number of hydrogen-bond acceptors (Lipinski definition) is 3. The van der Waals surface area contributed by atoms with E-state index in [2.05, 4.69) is 5.32 Å². The third kappa shape index (κ3) is 4.85. The monoisotopic (exact) mass is 472 g/mol. The van der Waals surface area contributed by atoms with E-state index < -0.39 is 0 Å². The van der Waals surface area contributed by atoms with Gasteiger partial charge in [0.05, 0.1) is 22.2 Å². The molecule has 4 aromatic rings. The first-order valence-electron chi connectivity index (χ1n) is 9.05. The van der Waals surface area contributed by atoms with E-state index in [-0.39, 0.29) is 12.3 Å². The number of anilines is 1. The fourth-order valence-corrected chi connectivity index (χ4v) is 4.45. The van der Waals surface area contributed by atoms with Gasteiger partial charge in [0.2, 0.25) is 5.91 Å². The molecule has 0 radical (unpaired) electrons. The molecule has 0 saturated carbocycles. The Morgan fingerprint density at radius 3 is 2.30 bits per heavy atom. The predicted molar refractivity (Wildman–Crippen MR) is 127 cm³/mol. The molecule has 1 heterocycles. The van der Waals surface area contributed by atoms with E-state index in [0.717, 1.165) is 26.7 Å². The van der Waals surface area contributed by atoms with E-state index in [0.29, 0.717) is 20.8 Å². The first-order valence-corrected chi connectivity index (χ1v) is 11.0. The fourth-order valence-electron chi connectivity index (χ4n) is 2.93. The average molecular weight is 474 g/mol. The molecule has 4 rings (SSSR count). The van der Waals surface area contributed by atoms with Crippen LogP contribution in [0.15, 0.2) is 72.8 Å². The Morgan fingerprint density at radius 1 is 0.867 bits per heavy atom. The lowest BCUT2D eigenvalue weighted by Gasteiger charge is -2.06. The van der Waals surface area contributed by atoms with E-state index in [4.69, 9.17) is 39.8 Å². The van der Waals surface area contributed by atoms with Crippen LogP contribution in [0.25, 0.3) is 21.8 Å². The Morgan fingerprint density at radius 2 is 1.60 bits per heavy atom. The number of nitrogens with one attached hydrogen (secondary N) is 1. The molecule has 0 saturated heterocycles. The van der Waals surface area contributed by atoms with Gasteiger partial charge >= 0.3 is 0 Å². The zero-order chi connectivity index (χ0) is 21.1. The van der Waals surface area contributed by atoms with Crippen LogP contribution < -0.4 is 5.32 Å². The Labute approximate surface area is 193 Å². The van der Waals surface area contributed by atoms with Gasteiger partial charge in [-0.3, -0.25) is 4.79 Å². The normalized spacial score (nSPS) is 10.8. The van der Waals surface area contributed by atoms with Crippen LogP contribution in [0.3, 0.4) is 0 Å². The summed E-state index contributed by atoms with van der Waals surface area (Å²) in [6.45, 7) is 0. The van der Waals surface area contributed by atoms with Crippen LogP contribution >= 0.6 is 46.1 Å². The number of rotatable bonds is 5. The molecule has 3 aromatic carbocycles. The van der Waals surface area contributed by atoms with Crippen LogP contribution in [0.2, 0.25) is 15.1 Å². The van der Waals surface area contributed by atoms with Crippen molar-refractivity contribution < 1.29 is 4.79 Å². The highest BCUT2D eigenvalue weighted by molar-refractivity contribution is 7.15. The van der Waals surface area contributed by atoms with Crippen LogP contribution in [-0.2, 0) is 11.2 Å². The van der Waals surface area contributed by atoms with Gasteiger partial charge in [-0.2, -0.15) is 0 Å². The summed E-state index contributed by atoms with van der Waals surface area (Å²) in [4.78, 5) is 18.4. The van der Waals surface area contributed by atoms with Crippen LogP contribution in [0.1, 0.15) is 4.88 Å². The lowest BCUT2D eigenvalue weighted by molar-refractivity contribution is -0.115. The second kappa shape index (κ2) is 9.19. The van der Waals surface area contributed by atoms with Crippen molar-refractivity contribution in [2.75, 3.05) is 5.32 Å². The highest BCUT2D eigenvalue weighted by atomic mass is 35.5. The third-order valence-electron chi connectivity index (χ3n) is 4.36. The maximum atomic E-state index is 12.7. The quantitative estimate of drug-likeness (QED) is 0.324. The zero-order valence-corrected chi connectivity index (χ0v) is 18.6. The molecular weight excluding hydrogens is 459 g/mol. The van der Waals surface area contributed by atoms with Gasteiger partial charge in [-0.15, -0.1) is 11.3 Å². The molecule has 1 aromatic heterocycles. The van der Waals surface area contributed by atoms with Crippen molar-refractivity contribution in [1.29, 1.82) is 0 Å². The Hall–Kier alpha value is -2.37. The molecule has 7 heteroatoms. The molecule has 30 heavy (non-hydrogen) atoms. The summed E-state index contributed by atoms with van der Waals surface area (Å²) < 4.78 is 0. The Balaban J connectivity index is 1.64. The van der Waals surface area contributed by atoms with Crippen LogP contribution in [0.4, 0.5) is 5.69 Å². The molecule has 1 N–H and O–H groups in total. The number of carbonyl (C=O) groups excluding carboxylic acids is 1. The number of benzene rings is 3. The predicted octanol–water partition coefficient (Wildman–Crippen LogP) is 7.62. The average Bonchev–Trinajstić information content (AvgIpc) is 3.15. The molecule has 0 atom stereocenters. The van der Waals surface area contributed by atoms with Gasteiger partial charge in [0.15, 0.2) is 0 Å². The van der Waals surface area contributed by atoms with Crippen molar-refractivity contribution in [3.05, 3.63) is 92.7 Å². The SMILES string of the molecule is O=C(Cc1sc(-c2ccc(Cl)cc2)nc1-c1ccccc1)Nc1ccc(Cl)c(Cl)c1. The summed E-state index contributed by atoms with van der Waals surface area (Å²) in [6, 6.07) is 22.3. The van der Waals surface area contributed by atoms with Crippen molar-refractivity contribution in [2.45, 2.75) is 6.42 Å². The van der Waals surface area contributed by atoms with Gasteiger partial charge in [0.25, 0.3) is 0 Å². The second-order valence-corrected chi connectivity index (χ2v) is 8.85. The smallest absolute Gasteiger partial charge is 0.229 e. The number of aromatic nitrogens is 1. The van der Waals surface area contributed by atoms with Crippen LogP contribution in [0.5, 0.6) is 0 Å². The molecule has 150 valence electrons. The molecule has 0 aliphatic rings. The second-order valence-electron chi connectivity index (χ2n) is 6.52. The minimum Gasteiger partial charge on any atom is -0.326 e. The van der Waals surface area contributed by atoms with Crippen LogP contribution in [0, 0.1) is 0 Å². The first-order chi connectivity index (χ1) is 14.5. The largest absolute Gasteiger partial charge is 0.326 e. The van der Waals surface area contributed by atoms with E-state index in [9.17, 15) is 4.79 Å². The zero-order valence-electron chi connectivity index (χ0n) is 15.5. The number of halogens is 3. The number of nitrogens with zero attached hydrogens (tertiary/aromatic N) is 1. The highest BCUT2D eigenvalue weighted by Gasteiger charge is 2.17. The van der Waals surface area contributed by atoms with E-state index in [1.54, 1.807) is 18.2 Å². The molecule has 0 spiro atoms. The van der Waals surface area contributed by atoms with Crippen molar-refractivity contribution in [1.82, 2.24) is 4.98 Å². The Kier molecular flexibility index (Phi) is 6.40. The van der Waals surface area contributed by atoms with Gasteiger partial charge in [0, 0.05) is 26.7 Å². The van der Waals surface area contributed by atoms with Gasteiger partial charge in [0.1, 0.15) is 5.01 Å². The number of hydrogen-bond donors (Lipinski definition) is 1. The molecule has 3 nitrogen and oxygen atoms in total. The van der Waals surface area contributed by atoms with E-state index in [1.807, 2.05) is 54.6 Å². The summed E-state index contributed by atoms with van der Waals surface area (Å²) in [5.41, 5.74) is 3.32. The summed E-state index contributed by atoms with van der Waals surface area (Å²) in [5, 5.41) is 5.21. The van der Waals surface area contributed by atoms with Crippen molar-refractivity contribution >= 4 is 57.7 Å². The van der Waals surface area contributed by atoms with Gasteiger partial charge in [-0.1, -0.05) is 77.3 Å². The topological polar surface area (TPSA) is 42.0 Å². The van der Waals surface area contributed by atoms with E-state index in [1.165, 1.54) is 11.3 Å². The molecule has 0 unspecified atom stereocenters. The van der Waals surface area contributed by atoms with Crippen molar-refractivity contribution in [3.8, 4) is 21.8 Å². The van der Waals surface area contributed by atoms with E-state index >= 15 is 0 Å². The lowest BCUT2D eigenvalue weighted by atomic mass is 10.1. The molecule has 1 amide bonds. The minimum absolute atomic E-state index is 0.156. The molecule has 0 aliphatic carbocycles. The molecule has 0 fully saturated rings. The molecular formula is C23H15Cl3N2OS. The van der Waals surface area contributed by atoms with Crippen molar-refractivity contribution in [2.24, 2.45) is 0 Å². The summed E-state index contributed by atoms with van der Waals surface area (Å²) in [5.74, 6) is -0.156.